The van der Waals surface area contributed by atoms with E-state index in [9.17, 15) is 9.90 Å². The minimum Gasteiger partial charge on any atom is -0.444 e. The number of hydrogen-bond donors (Lipinski definition) is 2. The smallest absolute Gasteiger partial charge is 0.410 e. The third kappa shape index (κ3) is 3.57. The number of carbonyl (C=O) groups excluding carboxylic acids is 1. The van der Waals surface area contributed by atoms with Gasteiger partial charge in [-0.05, 0) is 27.2 Å². The standard InChI is InChI=1S/C12H24N2O3/c1-11(2,3)17-10(16)14-6-5-12(4,8-13)9(15)7-14/h9,15H,5-8,13H2,1-4H3. The number of nitrogens with zero attached hydrogens (tertiary/aromatic N) is 1. The van der Waals surface area contributed by atoms with Gasteiger partial charge >= 0.3 is 6.09 Å². The molecule has 0 spiro atoms. The Balaban J connectivity index is 2.58. The molecule has 1 heterocycles. The molecular formula is C12H24N2O3. The number of piperidine rings is 1. The lowest BCUT2D eigenvalue weighted by molar-refractivity contribution is -0.0424. The monoisotopic (exact) mass is 244 g/mol. The van der Waals surface area contributed by atoms with Gasteiger partial charge in [0.2, 0.25) is 0 Å². The molecule has 100 valence electrons. The lowest BCUT2D eigenvalue weighted by Gasteiger charge is -2.42. The molecule has 2 atom stereocenters. The van der Waals surface area contributed by atoms with Crippen molar-refractivity contribution in [3.05, 3.63) is 0 Å². The molecular weight excluding hydrogens is 220 g/mol. The molecule has 0 bridgehead atoms. The molecule has 0 aromatic carbocycles. The van der Waals surface area contributed by atoms with E-state index < -0.39 is 11.7 Å². The second kappa shape index (κ2) is 4.82. The second-order valence-electron chi connectivity index (χ2n) is 6.05. The van der Waals surface area contributed by atoms with Crippen LogP contribution in [0.5, 0.6) is 0 Å². The van der Waals surface area contributed by atoms with Gasteiger partial charge in [0.25, 0.3) is 0 Å². The maximum Gasteiger partial charge on any atom is 0.410 e. The van der Waals surface area contributed by atoms with E-state index in [1.54, 1.807) is 4.90 Å². The summed E-state index contributed by atoms with van der Waals surface area (Å²) in [6, 6.07) is 0. The van der Waals surface area contributed by atoms with Gasteiger partial charge in [-0.25, -0.2) is 4.79 Å². The molecule has 1 aliphatic rings. The highest BCUT2D eigenvalue weighted by Crippen LogP contribution is 2.30. The van der Waals surface area contributed by atoms with Crippen LogP contribution in [0.15, 0.2) is 0 Å². The molecule has 1 rings (SSSR count). The molecule has 1 amide bonds. The Kier molecular flexibility index (Phi) is 4.04. The number of rotatable bonds is 1. The van der Waals surface area contributed by atoms with E-state index in [0.29, 0.717) is 26.1 Å². The van der Waals surface area contributed by atoms with Gasteiger partial charge in [-0.3, -0.25) is 0 Å². The van der Waals surface area contributed by atoms with Crippen LogP contribution in [-0.4, -0.2) is 47.4 Å². The largest absolute Gasteiger partial charge is 0.444 e. The summed E-state index contributed by atoms with van der Waals surface area (Å²) in [4.78, 5) is 13.4. The molecule has 0 aromatic rings. The number of ether oxygens (including phenoxy) is 1. The van der Waals surface area contributed by atoms with Gasteiger partial charge in [0.15, 0.2) is 0 Å². The van der Waals surface area contributed by atoms with Crippen molar-refractivity contribution in [2.45, 2.75) is 45.8 Å². The Bertz CT molecular complexity index is 288. The van der Waals surface area contributed by atoms with Gasteiger partial charge in [0.05, 0.1) is 12.6 Å². The second-order valence-corrected chi connectivity index (χ2v) is 6.05. The molecule has 0 aromatic heterocycles. The first-order valence-corrected chi connectivity index (χ1v) is 6.04. The van der Waals surface area contributed by atoms with E-state index in [4.69, 9.17) is 10.5 Å². The topological polar surface area (TPSA) is 75.8 Å². The number of aliphatic hydroxyl groups excluding tert-OH is 1. The average Bonchev–Trinajstić information content (AvgIpc) is 2.19. The zero-order chi connectivity index (χ0) is 13.3. The van der Waals surface area contributed by atoms with Gasteiger partial charge < -0.3 is 20.5 Å². The molecule has 0 saturated carbocycles. The normalized spacial score (nSPS) is 30.2. The van der Waals surface area contributed by atoms with E-state index in [1.807, 2.05) is 27.7 Å². The molecule has 1 fully saturated rings. The summed E-state index contributed by atoms with van der Waals surface area (Å²) >= 11 is 0. The number of β-amino-alcohol motifs (C(OH)–C–C–N with tert-alkyl or cyclic N) is 1. The van der Waals surface area contributed by atoms with Crippen molar-refractivity contribution in [1.29, 1.82) is 0 Å². The van der Waals surface area contributed by atoms with Crippen molar-refractivity contribution >= 4 is 6.09 Å². The summed E-state index contributed by atoms with van der Waals surface area (Å²) in [5, 5.41) is 10.0. The Hall–Kier alpha value is -0.810. The summed E-state index contributed by atoms with van der Waals surface area (Å²) in [7, 11) is 0. The molecule has 17 heavy (non-hydrogen) atoms. The fourth-order valence-electron chi connectivity index (χ4n) is 1.81. The molecule has 2 unspecified atom stereocenters. The van der Waals surface area contributed by atoms with Crippen molar-refractivity contribution in [2.75, 3.05) is 19.6 Å². The fraction of sp³-hybridized carbons (Fsp3) is 0.917. The number of amides is 1. The molecule has 1 saturated heterocycles. The highest BCUT2D eigenvalue weighted by atomic mass is 16.6. The lowest BCUT2D eigenvalue weighted by Crippen LogP contribution is -2.54. The van der Waals surface area contributed by atoms with Crippen molar-refractivity contribution in [1.82, 2.24) is 4.90 Å². The minimum atomic E-state index is -0.589. The van der Waals surface area contributed by atoms with Crippen LogP contribution in [0.4, 0.5) is 4.79 Å². The average molecular weight is 244 g/mol. The highest BCUT2D eigenvalue weighted by Gasteiger charge is 2.39. The minimum absolute atomic E-state index is 0.293. The SMILES string of the molecule is CC(C)(C)OC(=O)N1CCC(C)(CN)C(O)C1. The number of likely N-dealkylation sites (tertiary alicyclic amines) is 1. The van der Waals surface area contributed by atoms with Crippen molar-refractivity contribution in [3.8, 4) is 0 Å². The number of nitrogens with two attached hydrogens (primary N) is 1. The summed E-state index contributed by atoms with van der Waals surface area (Å²) < 4.78 is 5.27. The zero-order valence-electron chi connectivity index (χ0n) is 11.2. The van der Waals surface area contributed by atoms with Crippen LogP contribution in [0.25, 0.3) is 0 Å². The van der Waals surface area contributed by atoms with Crippen LogP contribution in [-0.2, 0) is 4.74 Å². The van der Waals surface area contributed by atoms with Crippen molar-refractivity contribution in [3.63, 3.8) is 0 Å². The van der Waals surface area contributed by atoms with E-state index in [-0.39, 0.29) is 11.5 Å². The molecule has 0 aliphatic carbocycles. The third-order valence-corrected chi connectivity index (χ3v) is 3.27. The molecule has 5 nitrogen and oxygen atoms in total. The lowest BCUT2D eigenvalue weighted by atomic mass is 9.78. The first-order valence-electron chi connectivity index (χ1n) is 6.04. The Labute approximate surface area is 103 Å². The Morgan fingerprint density at radius 3 is 2.59 bits per heavy atom. The van der Waals surface area contributed by atoms with Gasteiger partial charge in [0, 0.05) is 18.5 Å². The Morgan fingerprint density at radius 2 is 2.18 bits per heavy atom. The van der Waals surface area contributed by atoms with E-state index >= 15 is 0 Å². The number of aliphatic hydroxyl groups is 1. The van der Waals surface area contributed by atoms with Crippen LogP contribution in [0, 0.1) is 5.41 Å². The van der Waals surface area contributed by atoms with Crippen LogP contribution in [0.1, 0.15) is 34.1 Å². The van der Waals surface area contributed by atoms with Gasteiger partial charge in [-0.15, -0.1) is 0 Å². The number of carbonyl (C=O) groups is 1. The van der Waals surface area contributed by atoms with E-state index in [0.717, 1.165) is 0 Å². The fourth-order valence-corrected chi connectivity index (χ4v) is 1.81. The number of hydrogen-bond acceptors (Lipinski definition) is 4. The van der Waals surface area contributed by atoms with Gasteiger partial charge in [-0.2, -0.15) is 0 Å². The quantitative estimate of drug-likeness (QED) is 0.720. The molecule has 0 radical (unpaired) electrons. The predicted octanol–water partition coefficient (Wildman–Crippen LogP) is 0.953. The van der Waals surface area contributed by atoms with E-state index in [2.05, 4.69) is 0 Å². The summed E-state index contributed by atoms with van der Waals surface area (Å²) in [6.07, 6.45) is -0.256. The molecule has 3 N–H and O–H groups in total. The van der Waals surface area contributed by atoms with Crippen molar-refractivity contribution < 1.29 is 14.6 Å². The summed E-state index contributed by atoms with van der Waals surface area (Å²) in [6.45, 7) is 8.74. The zero-order valence-corrected chi connectivity index (χ0v) is 11.2. The van der Waals surface area contributed by atoms with Crippen LogP contribution >= 0.6 is 0 Å². The first kappa shape index (κ1) is 14.3. The summed E-state index contributed by atoms with van der Waals surface area (Å²) in [5.74, 6) is 0. The maximum absolute atomic E-state index is 11.8. The Morgan fingerprint density at radius 1 is 1.59 bits per heavy atom. The van der Waals surface area contributed by atoms with Crippen molar-refractivity contribution in [2.24, 2.45) is 11.1 Å². The molecule has 1 aliphatic heterocycles. The highest BCUT2D eigenvalue weighted by molar-refractivity contribution is 5.68. The van der Waals surface area contributed by atoms with Gasteiger partial charge in [-0.1, -0.05) is 6.92 Å². The van der Waals surface area contributed by atoms with Crippen LogP contribution in [0.3, 0.4) is 0 Å². The first-order chi connectivity index (χ1) is 7.68. The summed E-state index contributed by atoms with van der Waals surface area (Å²) in [5.41, 5.74) is 4.86. The maximum atomic E-state index is 11.8. The van der Waals surface area contributed by atoms with Crippen LogP contribution in [0.2, 0.25) is 0 Å². The van der Waals surface area contributed by atoms with E-state index in [1.165, 1.54) is 0 Å². The predicted molar refractivity (Wildman–Crippen MR) is 65.6 cm³/mol. The molecule has 5 heteroatoms. The van der Waals surface area contributed by atoms with Gasteiger partial charge in [0.1, 0.15) is 5.60 Å². The third-order valence-electron chi connectivity index (χ3n) is 3.27. The van der Waals surface area contributed by atoms with Crippen LogP contribution < -0.4 is 5.73 Å².